The highest BCUT2D eigenvalue weighted by molar-refractivity contribution is 9.10. The van der Waals surface area contributed by atoms with Gasteiger partial charge in [-0.3, -0.25) is 4.90 Å². The van der Waals surface area contributed by atoms with Gasteiger partial charge >= 0.3 is 12.2 Å². The van der Waals surface area contributed by atoms with Crippen LogP contribution in [-0.4, -0.2) is 42.8 Å². The number of H-pyrrole nitrogens is 2. The third kappa shape index (κ3) is 4.26. The monoisotopic (exact) mass is 531 g/mol. The molecule has 0 spiro atoms. The molecular formula is C23H24BrF2N7O+2. The molecule has 3 N–H and O–H groups in total. The summed E-state index contributed by atoms with van der Waals surface area (Å²) in [7, 11) is 0. The summed E-state index contributed by atoms with van der Waals surface area (Å²) in [6.07, 6.45) is 2.99. The number of aromatic nitrogens is 6. The van der Waals surface area contributed by atoms with Crippen molar-refractivity contribution >= 4 is 15.9 Å². The van der Waals surface area contributed by atoms with Gasteiger partial charge in [0.05, 0.1) is 0 Å². The van der Waals surface area contributed by atoms with Gasteiger partial charge in [0, 0.05) is 34.3 Å². The Morgan fingerprint density at radius 1 is 1.26 bits per heavy atom. The van der Waals surface area contributed by atoms with Gasteiger partial charge in [0.2, 0.25) is 6.33 Å². The van der Waals surface area contributed by atoms with Gasteiger partial charge in [-0.15, -0.1) is 0 Å². The van der Waals surface area contributed by atoms with Crippen molar-refractivity contribution in [2.75, 3.05) is 6.54 Å². The van der Waals surface area contributed by atoms with Gasteiger partial charge in [0.15, 0.2) is 0 Å². The molecule has 0 bridgehead atoms. The molecule has 0 radical (unpaired) electrons. The van der Waals surface area contributed by atoms with Crippen LogP contribution in [0.4, 0.5) is 8.78 Å². The highest BCUT2D eigenvalue weighted by Crippen LogP contribution is 2.32. The number of hydrogen-bond donors (Lipinski definition) is 3. The standard InChI is InChI=1S/C23H22BrF2N7O/c1-15(23(34,12-32-14-27-13-28-32)19-6-5-18(25)10-20(19)26)31-7-8-33-21(11-31)29-22(30-33)16-3-2-4-17(24)9-16/h2-6,9-10,13-15,34H,7-8,11-12H2,1H3/p+2/t15-,23-/m1/s1. The van der Waals surface area contributed by atoms with Crippen LogP contribution in [0.1, 0.15) is 18.3 Å². The summed E-state index contributed by atoms with van der Waals surface area (Å²) < 4.78 is 33.0. The molecule has 2 atom stereocenters. The maximum atomic E-state index is 14.9. The highest BCUT2D eigenvalue weighted by Gasteiger charge is 2.45. The lowest BCUT2D eigenvalue weighted by atomic mass is 9.85. The van der Waals surface area contributed by atoms with E-state index in [-0.39, 0.29) is 12.1 Å². The number of nitrogens with zero attached hydrogens (tertiary/aromatic N) is 5. The summed E-state index contributed by atoms with van der Waals surface area (Å²) in [6.45, 7) is 3.54. The predicted molar refractivity (Wildman–Crippen MR) is 121 cm³/mol. The van der Waals surface area contributed by atoms with E-state index in [0.29, 0.717) is 19.6 Å². The molecule has 1 aliphatic heterocycles. The number of nitrogens with one attached hydrogen (secondary N) is 2. The lowest BCUT2D eigenvalue weighted by molar-refractivity contribution is -0.768. The Morgan fingerprint density at radius 3 is 2.85 bits per heavy atom. The zero-order valence-corrected chi connectivity index (χ0v) is 20.0. The van der Waals surface area contributed by atoms with Crippen molar-refractivity contribution in [3.63, 3.8) is 0 Å². The van der Waals surface area contributed by atoms with Gasteiger partial charge in [-0.1, -0.05) is 28.1 Å². The summed E-state index contributed by atoms with van der Waals surface area (Å²) in [5.41, 5.74) is -0.684. The number of halogens is 3. The van der Waals surface area contributed by atoms with Crippen LogP contribution in [0.5, 0.6) is 0 Å². The molecule has 0 amide bonds. The van der Waals surface area contributed by atoms with E-state index >= 15 is 0 Å². The fraction of sp³-hybridized carbons (Fsp3) is 0.304. The Morgan fingerprint density at radius 2 is 2.12 bits per heavy atom. The van der Waals surface area contributed by atoms with E-state index in [1.54, 1.807) is 4.68 Å². The molecule has 0 aliphatic carbocycles. The van der Waals surface area contributed by atoms with E-state index in [1.807, 2.05) is 35.9 Å². The van der Waals surface area contributed by atoms with Gasteiger partial charge in [0.25, 0.3) is 5.82 Å². The fourth-order valence-corrected chi connectivity index (χ4v) is 4.88. The number of fused-ring (bicyclic) bond motifs is 1. The summed E-state index contributed by atoms with van der Waals surface area (Å²) in [5, 5.41) is 18.1. The van der Waals surface area contributed by atoms with Crippen LogP contribution in [-0.2, 0) is 25.2 Å². The molecule has 3 heterocycles. The molecule has 2 aromatic carbocycles. The van der Waals surface area contributed by atoms with E-state index in [2.05, 4.69) is 36.0 Å². The van der Waals surface area contributed by atoms with E-state index in [9.17, 15) is 13.9 Å². The van der Waals surface area contributed by atoms with Gasteiger partial charge in [0.1, 0.15) is 36.9 Å². The van der Waals surface area contributed by atoms with Crippen LogP contribution in [0.15, 0.2) is 59.6 Å². The van der Waals surface area contributed by atoms with Crippen molar-refractivity contribution in [1.82, 2.24) is 25.1 Å². The van der Waals surface area contributed by atoms with Crippen molar-refractivity contribution in [3.05, 3.63) is 82.6 Å². The van der Waals surface area contributed by atoms with Crippen LogP contribution >= 0.6 is 15.9 Å². The smallest absolute Gasteiger partial charge is 0.333 e. The first-order chi connectivity index (χ1) is 16.3. The Labute approximate surface area is 203 Å². The maximum absolute atomic E-state index is 14.9. The van der Waals surface area contributed by atoms with Crippen LogP contribution in [0.3, 0.4) is 0 Å². The lowest BCUT2D eigenvalue weighted by Gasteiger charge is -2.40. The van der Waals surface area contributed by atoms with Crippen molar-refractivity contribution in [3.8, 4) is 11.4 Å². The fourth-order valence-electron chi connectivity index (χ4n) is 4.48. The number of rotatable bonds is 6. The summed E-state index contributed by atoms with van der Waals surface area (Å²) in [6, 6.07) is 10.6. The molecule has 2 aromatic heterocycles. The normalized spacial score (nSPS) is 16.7. The second kappa shape index (κ2) is 8.97. The number of benzene rings is 2. The van der Waals surface area contributed by atoms with Crippen LogP contribution < -0.4 is 9.36 Å². The molecule has 1 aliphatic rings. The van der Waals surface area contributed by atoms with Crippen LogP contribution in [0, 0.1) is 11.6 Å². The molecule has 5 rings (SSSR count). The Bertz CT molecular complexity index is 1310. The average molecular weight is 532 g/mol. The van der Waals surface area contributed by atoms with E-state index in [0.717, 1.165) is 33.8 Å². The minimum Gasteiger partial charge on any atom is -0.379 e. The minimum absolute atomic E-state index is 0.0110. The molecule has 34 heavy (non-hydrogen) atoms. The molecule has 4 aromatic rings. The van der Waals surface area contributed by atoms with E-state index < -0.39 is 23.3 Å². The van der Waals surface area contributed by atoms with Gasteiger partial charge in [-0.25, -0.2) is 8.78 Å². The van der Waals surface area contributed by atoms with E-state index in [1.165, 1.54) is 18.7 Å². The minimum atomic E-state index is -1.67. The molecule has 8 nitrogen and oxygen atoms in total. The number of hydrogen-bond acceptors (Lipinski definition) is 4. The predicted octanol–water partition coefficient (Wildman–Crippen LogP) is 2.21. The van der Waals surface area contributed by atoms with Crippen molar-refractivity contribution in [1.29, 1.82) is 0 Å². The second-order valence-electron chi connectivity index (χ2n) is 8.50. The average Bonchev–Trinajstić information content (AvgIpc) is 3.47. The Balaban J connectivity index is 1.46. The Hall–Kier alpha value is -3.02. The summed E-state index contributed by atoms with van der Waals surface area (Å²) >= 11 is 3.49. The maximum Gasteiger partial charge on any atom is 0.333 e. The van der Waals surface area contributed by atoms with Gasteiger partial charge in [-0.2, -0.15) is 19.6 Å². The van der Waals surface area contributed by atoms with Crippen molar-refractivity contribution in [2.24, 2.45) is 0 Å². The van der Waals surface area contributed by atoms with E-state index in [4.69, 9.17) is 4.98 Å². The van der Waals surface area contributed by atoms with Gasteiger partial charge in [-0.05, 0) is 41.2 Å². The first kappa shape index (κ1) is 22.8. The molecule has 11 heteroatoms. The third-order valence-corrected chi connectivity index (χ3v) is 6.89. The highest BCUT2D eigenvalue weighted by atomic mass is 79.9. The second-order valence-corrected chi connectivity index (χ2v) is 9.41. The molecule has 0 fully saturated rings. The number of aromatic amines is 2. The zero-order valence-electron chi connectivity index (χ0n) is 18.4. The SMILES string of the molecule is C[C@@H](N1CC[n+]2[nH]c(-c3cccc(Br)c3)nc2C1)[C@](O)(C[n+]1cnc[nH]1)c1ccc(F)cc1F. The molecule has 0 saturated carbocycles. The largest absolute Gasteiger partial charge is 0.379 e. The third-order valence-electron chi connectivity index (χ3n) is 6.40. The van der Waals surface area contributed by atoms with Gasteiger partial charge < -0.3 is 5.11 Å². The summed E-state index contributed by atoms with van der Waals surface area (Å²) in [5.74, 6) is 0.0715. The number of aliphatic hydroxyl groups is 1. The molecule has 0 saturated heterocycles. The van der Waals surface area contributed by atoms with Crippen LogP contribution in [0.2, 0.25) is 0 Å². The molecular weight excluding hydrogens is 508 g/mol. The zero-order chi connectivity index (χ0) is 23.9. The van der Waals surface area contributed by atoms with Crippen molar-refractivity contribution in [2.45, 2.75) is 38.2 Å². The molecule has 0 unspecified atom stereocenters. The Kier molecular flexibility index (Phi) is 6.00. The molecule has 176 valence electrons. The first-order valence-corrected chi connectivity index (χ1v) is 11.7. The van der Waals surface area contributed by atoms with Crippen LogP contribution in [0.25, 0.3) is 11.4 Å². The van der Waals surface area contributed by atoms with Crippen molar-refractivity contribution < 1.29 is 23.3 Å². The lowest BCUT2D eigenvalue weighted by Crippen LogP contribution is -2.61. The topological polar surface area (TPSA) is 88.6 Å². The quantitative estimate of drug-likeness (QED) is 0.333. The summed E-state index contributed by atoms with van der Waals surface area (Å²) in [4.78, 5) is 10.8. The first-order valence-electron chi connectivity index (χ1n) is 10.9.